The van der Waals surface area contributed by atoms with Gasteiger partial charge in [-0.3, -0.25) is 19.8 Å². The summed E-state index contributed by atoms with van der Waals surface area (Å²) >= 11 is 6.37. The number of halogens is 1. The van der Waals surface area contributed by atoms with Gasteiger partial charge in [-0.15, -0.1) is 0 Å². The molecule has 1 atom stereocenters. The molecular formula is C21H26ClN7O2. The molecule has 2 aromatic heterocycles. The van der Waals surface area contributed by atoms with Crippen LogP contribution < -0.4 is 16.0 Å². The highest BCUT2D eigenvalue weighted by Gasteiger charge is 2.24. The minimum atomic E-state index is -0.541. The van der Waals surface area contributed by atoms with Gasteiger partial charge in [-0.05, 0) is 25.5 Å². The van der Waals surface area contributed by atoms with Crippen molar-refractivity contribution in [2.75, 3.05) is 11.9 Å². The van der Waals surface area contributed by atoms with Gasteiger partial charge in [-0.1, -0.05) is 37.2 Å². The lowest BCUT2D eigenvalue weighted by molar-refractivity contribution is -0.120. The molecule has 0 spiro atoms. The zero-order valence-corrected chi connectivity index (χ0v) is 18.5. The Hall–Kier alpha value is -3.33. The second kappa shape index (κ2) is 10.1. The maximum Gasteiger partial charge on any atom is 0.302 e. The van der Waals surface area contributed by atoms with E-state index in [-0.39, 0.29) is 18.3 Å². The molecule has 9 nitrogen and oxygen atoms in total. The summed E-state index contributed by atoms with van der Waals surface area (Å²) in [6, 6.07) is 7.19. The number of benzene rings is 1. The van der Waals surface area contributed by atoms with Crippen molar-refractivity contribution in [1.29, 1.82) is 0 Å². The molecule has 10 heteroatoms. The highest BCUT2D eigenvalue weighted by Crippen LogP contribution is 2.24. The van der Waals surface area contributed by atoms with Gasteiger partial charge in [0.1, 0.15) is 11.2 Å². The fourth-order valence-electron chi connectivity index (χ4n) is 2.92. The van der Waals surface area contributed by atoms with Crippen LogP contribution >= 0.6 is 11.6 Å². The van der Waals surface area contributed by atoms with Crippen molar-refractivity contribution >= 4 is 40.6 Å². The number of allylic oxidation sites excluding steroid dienone is 1. The van der Waals surface area contributed by atoms with Crippen LogP contribution in [0.5, 0.6) is 0 Å². The van der Waals surface area contributed by atoms with Crippen molar-refractivity contribution in [2.45, 2.75) is 32.7 Å². The summed E-state index contributed by atoms with van der Waals surface area (Å²) in [6.45, 7) is 8.14. The molecule has 0 saturated carbocycles. The number of carbonyl (C=O) groups is 1. The van der Waals surface area contributed by atoms with Crippen LogP contribution in [0.2, 0.25) is 5.02 Å². The quantitative estimate of drug-likeness (QED) is 0.361. The molecule has 1 unspecified atom stereocenters. The van der Waals surface area contributed by atoms with E-state index in [4.69, 9.17) is 16.0 Å². The van der Waals surface area contributed by atoms with Gasteiger partial charge < -0.3 is 15.1 Å². The summed E-state index contributed by atoms with van der Waals surface area (Å²) in [5, 5.41) is 13.9. The lowest BCUT2D eigenvalue weighted by Gasteiger charge is -2.20. The molecule has 0 saturated heterocycles. The summed E-state index contributed by atoms with van der Waals surface area (Å²) in [5.74, 6) is 0.187. The Kier molecular flexibility index (Phi) is 7.30. The Balaban J connectivity index is 1.83. The molecule has 164 valence electrons. The SMILES string of the molecule is C=C(CC)NC(=O)CC(NC(=NCC)Nc1nc2ccccc2o1)c1nn(C)cc1Cl. The number of fused-ring (bicyclic) bond motifs is 1. The summed E-state index contributed by atoms with van der Waals surface area (Å²) in [4.78, 5) is 21.4. The number of aryl methyl sites for hydroxylation is 1. The van der Waals surface area contributed by atoms with Gasteiger partial charge in [0.15, 0.2) is 11.5 Å². The Bertz CT molecular complexity index is 1070. The third-order valence-corrected chi connectivity index (χ3v) is 4.71. The van der Waals surface area contributed by atoms with Crippen LogP contribution in [0.4, 0.5) is 6.01 Å². The molecule has 0 aliphatic heterocycles. The molecule has 2 heterocycles. The number of hydrogen-bond acceptors (Lipinski definition) is 5. The van der Waals surface area contributed by atoms with E-state index in [0.717, 1.165) is 5.52 Å². The topological polar surface area (TPSA) is 109 Å². The molecule has 0 aliphatic carbocycles. The molecule has 3 rings (SSSR count). The van der Waals surface area contributed by atoms with Gasteiger partial charge >= 0.3 is 6.01 Å². The number of carbonyl (C=O) groups excluding carboxylic acids is 1. The Labute approximate surface area is 185 Å². The Morgan fingerprint density at radius 3 is 2.77 bits per heavy atom. The second-order valence-electron chi connectivity index (χ2n) is 6.88. The number of nitrogens with one attached hydrogen (secondary N) is 3. The van der Waals surface area contributed by atoms with E-state index >= 15 is 0 Å². The minimum absolute atomic E-state index is 0.0771. The number of oxazole rings is 1. The second-order valence-corrected chi connectivity index (χ2v) is 7.28. The largest absolute Gasteiger partial charge is 0.423 e. The normalized spacial score (nSPS) is 12.6. The number of nitrogens with zero attached hydrogens (tertiary/aromatic N) is 4. The molecule has 0 fully saturated rings. The van der Waals surface area contributed by atoms with Gasteiger partial charge in [-0.2, -0.15) is 10.1 Å². The monoisotopic (exact) mass is 443 g/mol. The average Bonchev–Trinajstić information content (AvgIpc) is 3.28. The van der Waals surface area contributed by atoms with Crippen molar-refractivity contribution in [1.82, 2.24) is 25.4 Å². The first kappa shape index (κ1) is 22.4. The predicted octanol–water partition coefficient (Wildman–Crippen LogP) is 3.76. The van der Waals surface area contributed by atoms with E-state index in [2.05, 4.69) is 37.6 Å². The molecule has 3 N–H and O–H groups in total. The predicted molar refractivity (Wildman–Crippen MR) is 122 cm³/mol. The third kappa shape index (κ3) is 5.85. The highest BCUT2D eigenvalue weighted by atomic mass is 35.5. The van der Waals surface area contributed by atoms with E-state index in [9.17, 15) is 4.79 Å². The van der Waals surface area contributed by atoms with Gasteiger partial charge in [0.2, 0.25) is 5.91 Å². The zero-order valence-electron chi connectivity index (χ0n) is 17.8. The summed E-state index contributed by atoms with van der Waals surface area (Å²) in [6.07, 6.45) is 2.41. The zero-order chi connectivity index (χ0) is 22.4. The molecule has 3 aromatic rings. The smallest absolute Gasteiger partial charge is 0.302 e. The van der Waals surface area contributed by atoms with Crippen LogP contribution in [0.15, 0.2) is 52.1 Å². The fourth-order valence-corrected chi connectivity index (χ4v) is 3.23. The van der Waals surface area contributed by atoms with Crippen LogP contribution in [0, 0.1) is 0 Å². The fraction of sp³-hybridized carbons (Fsp3) is 0.333. The maximum absolute atomic E-state index is 12.5. The van der Waals surface area contributed by atoms with Crippen molar-refractivity contribution in [2.24, 2.45) is 12.0 Å². The lowest BCUT2D eigenvalue weighted by atomic mass is 10.1. The van der Waals surface area contributed by atoms with E-state index in [0.29, 0.717) is 40.9 Å². The first-order valence-corrected chi connectivity index (χ1v) is 10.4. The molecule has 0 bridgehead atoms. The minimum Gasteiger partial charge on any atom is -0.423 e. The number of hydrogen-bond donors (Lipinski definition) is 3. The lowest BCUT2D eigenvalue weighted by Crippen LogP contribution is -2.37. The number of amides is 1. The van der Waals surface area contributed by atoms with Gasteiger partial charge in [0, 0.05) is 25.5 Å². The Morgan fingerprint density at radius 2 is 2.13 bits per heavy atom. The van der Waals surface area contributed by atoms with Crippen LogP contribution in [-0.4, -0.2) is 33.2 Å². The summed E-state index contributed by atoms with van der Waals surface area (Å²) in [5.41, 5.74) is 2.55. The molecule has 31 heavy (non-hydrogen) atoms. The van der Waals surface area contributed by atoms with Crippen LogP contribution in [0.25, 0.3) is 11.1 Å². The Morgan fingerprint density at radius 1 is 1.35 bits per heavy atom. The molecular weight excluding hydrogens is 418 g/mol. The van der Waals surface area contributed by atoms with Gasteiger partial charge in [0.25, 0.3) is 0 Å². The number of anilines is 1. The van der Waals surface area contributed by atoms with Crippen LogP contribution in [0.3, 0.4) is 0 Å². The van der Waals surface area contributed by atoms with Crippen molar-refractivity contribution in [3.8, 4) is 0 Å². The van der Waals surface area contributed by atoms with E-state index < -0.39 is 6.04 Å². The first-order chi connectivity index (χ1) is 14.9. The van der Waals surface area contributed by atoms with Crippen LogP contribution in [0.1, 0.15) is 38.4 Å². The van der Waals surface area contributed by atoms with E-state index in [1.54, 1.807) is 17.9 Å². The van der Waals surface area contributed by atoms with E-state index in [1.165, 1.54) is 0 Å². The number of aromatic nitrogens is 3. The standard InChI is InChI=1S/C21H26ClN7O2/c1-5-13(3)24-18(30)11-16(19-14(22)12-29(4)28-19)25-20(23-6-2)27-21-26-15-9-7-8-10-17(15)31-21/h7-10,12,16H,3,5-6,11H2,1-2,4H3,(H,24,30)(H2,23,25,26,27). The number of guanidine groups is 1. The van der Waals surface area contributed by atoms with Gasteiger partial charge in [-0.25, -0.2) is 0 Å². The summed E-state index contributed by atoms with van der Waals surface area (Å²) in [7, 11) is 1.77. The number of rotatable bonds is 8. The molecule has 1 aromatic carbocycles. The average molecular weight is 444 g/mol. The van der Waals surface area contributed by atoms with Gasteiger partial charge in [0.05, 0.1) is 17.5 Å². The number of aliphatic imine (C=N–C) groups is 1. The molecule has 0 aliphatic rings. The highest BCUT2D eigenvalue weighted by molar-refractivity contribution is 6.31. The van der Waals surface area contributed by atoms with Crippen molar-refractivity contribution in [3.63, 3.8) is 0 Å². The first-order valence-electron chi connectivity index (χ1n) is 9.99. The summed E-state index contributed by atoms with van der Waals surface area (Å²) < 4.78 is 7.33. The third-order valence-electron chi connectivity index (χ3n) is 4.42. The van der Waals surface area contributed by atoms with Crippen LogP contribution in [-0.2, 0) is 11.8 Å². The van der Waals surface area contributed by atoms with Crippen molar-refractivity contribution < 1.29 is 9.21 Å². The number of para-hydroxylation sites is 2. The molecule has 0 radical (unpaired) electrons. The van der Waals surface area contributed by atoms with Crippen molar-refractivity contribution in [3.05, 3.63) is 53.5 Å². The van der Waals surface area contributed by atoms with E-state index in [1.807, 2.05) is 38.1 Å². The maximum atomic E-state index is 12.5. The molecule has 1 amide bonds.